The van der Waals surface area contributed by atoms with Gasteiger partial charge < -0.3 is 14.5 Å². The van der Waals surface area contributed by atoms with Gasteiger partial charge >= 0.3 is 0 Å². The summed E-state index contributed by atoms with van der Waals surface area (Å²) >= 11 is 6.01. The molecule has 7 heteroatoms. The van der Waals surface area contributed by atoms with Crippen molar-refractivity contribution in [2.75, 3.05) is 46.4 Å². The summed E-state index contributed by atoms with van der Waals surface area (Å²) < 4.78 is 5.26. The highest BCUT2D eigenvalue weighted by atomic mass is 35.5. The summed E-state index contributed by atoms with van der Waals surface area (Å²) in [6.45, 7) is 6.28. The fourth-order valence-electron chi connectivity index (χ4n) is 3.27. The Morgan fingerprint density at radius 3 is 2.38 bits per heavy atom. The van der Waals surface area contributed by atoms with Crippen LogP contribution in [-0.4, -0.2) is 78.9 Å². The molecule has 1 aromatic carbocycles. The number of carbonyl (C=O) groups excluding carboxylic acids is 2. The number of ether oxygens (including phenoxy) is 1. The highest BCUT2D eigenvalue weighted by Crippen LogP contribution is 2.27. The third-order valence-corrected chi connectivity index (χ3v) is 5.05. The largest absolute Gasteiger partial charge is 0.496 e. The van der Waals surface area contributed by atoms with Crippen LogP contribution in [0.3, 0.4) is 0 Å². The first kappa shape index (κ1) is 17.0. The Labute approximate surface area is 146 Å². The van der Waals surface area contributed by atoms with Crippen LogP contribution in [-0.2, 0) is 4.79 Å². The average Bonchev–Trinajstić information content (AvgIpc) is 2.53. The van der Waals surface area contributed by atoms with Gasteiger partial charge in [0.25, 0.3) is 5.91 Å². The van der Waals surface area contributed by atoms with E-state index in [1.807, 2.05) is 9.80 Å². The molecule has 0 aromatic heterocycles. The van der Waals surface area contributed by atoms with Crippen molar-refractivity contribution in [2.24, 2.45) is 0 Å². The fraction of sp³-hybridized carbons (Fsp3) is 0.529. The Balaban J connectivity index is 1.56. The van der Waals surface area contributed by atoms with Crippen LogP contribution in [0.1, 0.15) is 17.3 Å². The summed E-state index contributed by atoms with van der Waals surface area (Å²) in [5.74, 6) is 0.629. The molecule has 2 amide bonds. The van der Waals surface area contributed by atoms with E-state index in [0.29, 0.717) is 35.5 Å². The summed E-state index contributed by atoms with van der Waals surface area (Å²) in [7, 11) is 1.55. The number of carbonyl (C=O) groups is 2. The molecule has 2 heterocycles. The van der Waals surface area contributed by atoms with E-state index >= 15 is 0 Å². The molecular formula is C17H22ClN3O3. The van der Waals surface area contributed by atoms with E-state index in [4.69, 9.17) is 16.3 Å². The molecule has 2 fully saturated rings. The number of likely N-dealkylation sites (tertiary alicyclic amines) is 1. The van der Waals surface area contributed by atoms with Crippen LogP contribution in [0.15, 0.2) is 18.2 Å². The lowest BCUT2D eigenvalue weighted by Gasteiger charge is -2.48. The van der Waals surface area contributed by atoms with Crippen molar-refractivity contribution in [3.63, 3.8) is 0 Å². The number of nitrogens with zero attached hydrogens (tertiary/aromatic N) is 3. The summed E-state index contributed by atoms with van der Waals surface area (Å²) in [4.78, 5) is 30.1. The number of rotatable bonds is 3. The number of hydrogen-bond donors (Lipinski definition) is 0. The first-order chi connectivity index (χ1) is 11.5. The third-order valence-electron chi connectivity index (χ3n) is 4.82. The highest BCUT2D eigenvalue weighted by Gasteiger charge is 2.37. The molecule has 0 unspecified atom stereocenters. The van der Waals surface area contributed by atoms with Gasteiger partial charge in [0.05, 0.1) is 12.7 Å². The van der Waals surface area contributed by atoms with Gasteiger partial charge in [0.2, 0.25) is 5.91 Å². The quantitative estimate of drug-likeness (QED) is 0.824. The minimum atomic E-state index is -0.0482. The number of benzene rings is 1. The van der Waals surface area contributed by atoms with E-state index in [9.17, 15) is 9.59 Å². The molecule has 0 atom stereocenters. The van der Waals surface area contributed by atoms with Crippen LogP contribution in [0.2, 0.25) is 5.02 Å². The van der Waals surface area contributed by atoms with Gasteiger partial charge in [-0.3, -0.25) is 14.5 Å². The molecule has 2 aliphatic heterocycles. The molecule has 130 valence electrons. The molecule has 0 radical (unpaired) electrons. The van der Waals surface area contributed by atoms with Crippen LogP contribution in [0.25, 0.3) is 0 Å². The summed E-state index contributed by atoms with van der Waals surface area (Å²) in [6, 6.07) is 5.45. The van der Waals surface area contributed by atoms with E-state index < -0.39 is 0 Å². The minimum Gasteiger partial charge on any atom is -0.496 e. The maximum absolute atomic E-state index is 12.6. The fourth-order valence-corrected chi connectivity index (χ4v) is 3.44. The lowest BCUT2D eigenvalue weighted by molar-refractivity contribution is -0.131. The van der Waals surface area contributed by atoms with Gasteiger partial charge in [0, 0.05) is 57.3 Å². The number of hydrogen-bond acceptors (Lipinski definition) is 4. The van der Waals surface area contributed by atoms with Gasteiger partial charge in [-0.1, -0.05) is 11.6 Å². The topological polar surface area (TPSA) is 53.1 Å². The molecule has 0 bridgehead atoms. The van der Waals surface area contributed by atoms with Crippen LogP contribution in [0.4, 0.5) is 0 Å². The van der Waals surface area contributed by atoms with E-state index in [1.165, 1.54) is 0 Å². The standard InChI is InChI=1S/C17H22ClN3O3/c1-12(22)19-5-7-20(8-6-19)14-10-21(11-14)17(23)15-9-13(18)3-4-16(15)24-2/h3-4,9,14H,5-8,10-11H2,1-2H3. The molecule has 6 nitrogen and oxygen atoms in total. The lowest BCUT2D eigenvalue weighted by Crippen LogP contribution is -2.64. The zero-order valence-electron chi connectivity index (χ0n) is 14.0. The van der Waals surface area contributed by atoms with Gasteiger partial charge in [0.15, 0.2) is 0 Å². The Hall–Kier alpha value is -1.79. The van der Waals surface area contributed by atoms with E-state index in [0.717, 1.165) is 26.2 Å². The minimum absolute atomic E-state index is 0.0482. The van der Waals surface area contributed by atoms with Crippen molar-refractivity contribution in [1.82, 2.24) is 14.7 Å². The molecular weight excluding hydrogens is 330 g/mol. The number of methoxy groups -OCH3 is 1. The second-order valence-corrected chi connectivity index (χ2v) is 6.69. The predicted molar refractivity (Wildman–Crippen MR) is 91.5 cm³/mol. The molecule has 0 N–H and O–H groups in total. The second-order valence-electron chi connectivity index (χ2n) is 6.25. The van der Waals surface area contributed by atoms with Gasteiger partial charge in [-0.15, -0.1) is 0 Å². The number of halogens is 1. The molecule has 0 spiro atoms. The number of amides is 2. The van der Waals surface area contributed by atoms with Crippen molar-refractivity contribution >= 4 is 23.4 Å². The monoisotopic (exact) mass is 351 g/mol. The molecule has 0 saturated carbocycles. The second kappa shape index (κ2) is 6.99. The van der Waals surface area contributed by atoms with Gasteiger partial charge in [0.1, 0.15) is 5.75 Å². The summed E-state index contributed by atoms with van der Waals surface area (Å²) in [6.07, 6.45) is 0. The van der Waals surface area contributed by atoms with Gasteiger partial charge in [-0.2, -0.15) is 0 Å². The van der Waals surface area contributed by atoms with Crippen LogP contribution in [0.5, 0.6) is 5.75 Å². The molecule has 3 rings (SSSR count). The van der Waals surface area contributed by atoms with E-state index in [2.05, 4.69) is 4.90 Å². The summed E-state index contributed by atoms with van der Waals surface area (Å²) in [5, 5.41) is 0.525. The van der Waals surface area contributed by atoms with E-state index in [-0.39, 0.29) is 11.8 Å². The van der Waals surface area contributed by atoms with Crippen LogP contribution >= 0.6 is 11.6 Å². The zero-order chi connectivity index (χ0) is 17.3. The first-order valence-electron chi connectivity index (χ1n) is 8.12. The Morgan fingerprint density at radius 1 is 1.12 bits per heavy atom. The van der Waals surface area contributed by atoms with Crippen LogP contribution < -0.4 is 4.74 Å². The lowest BCUT2D eigenvalue weighted by atomic mass is 10.0. The van der Waals surface area contributed by atoms with Crippen LogP contribution in [0, 0.1) is 0 Å². The molecule has 0 aliphatic carbocycles. The highest BCUT2D eigenvalue weighted by molar-refractivity contribution is 6.31. The van der Waals surface area contributed by atoms with Crippen molar-refractivity contribution in [2.45, 2.75) is 13.0 Å². The molecule has 1 aromatic rings. The van der Waals surface area contributed by atoms with Crippen molar-refractivity contribution in [1.29, 1.82) is 0 Å². The first-order valence-corrected chi connectivity index (χ1v) is 8.49. The molecule has 2 saturated heterocycles. The van der Waals surface area contributed by atoms with E-state index in [1.54, 1.807) is 32.2 Å². The summed E-state index contributed by atoms with van der Waals surface area (Å²) in [5.41, 5.74) is 0.504. The average molecular weight is 352 g/mol. The zero-order valence-corrected chi connectivity index (χ0v) is 14.8. The van der Waals surface area contributed by atoms with Crippen molar-refractivity contribution < 1.29 is 14.3 Å². The Bertz CT molecular complexity index is 638. The molecule has 24 heavy (non-hydrogen) atoms. The van der Waals surface area contributed by atoms with Gasteiger partial charge in [-0.05, 0) is 18.2 Å². The molecule has 2 aliphatic rings. The number of piperazine rings is 1. The Morgan fingerprint density at radius 2 is 1.79 bits per heavy atom. The maximum atomic E-state index is 12.6. The smallest absolute Gasteiger partial charge is 0.257 e. The normalized spacial score (nSPS) is 19.1. The van der Waals surface area contributed by atoms with Crippen molar-refractivity contribution in [3.05, 3.63) is 28.8 Å². The SMILES string of the molecule is COc1ccc(Cl)cc1C(=O)N1CC(N2CCN(C(C)=O)CC2)C1. The van der Waals surface area contributed by atoms with Gasteiger partial charge in [-0.25, -0.2) is 0 Å². The van der Waals surface area contributed by atoms with Crippen molar-refractivity contribution in [3.8, 4) is 5.75 Å². The third kappa shape index (κ3) is 3.35. The predicted octanol–water partition coefficient (Wildman–Crippen LogP) is 1.34. The maximum Gasteiger partial charge on any atom is 0.257 e. The Kier molecular flexibility index (Phi) is 4.96.